The molecule has 2 atom stereocenters. The van der Waals surface area contributed by atoms with Crippen molar-refractivity contribution in [2.24, 2.45) is 5.92 Å². The first-order chi connectivity index (χ1) is 10.8. The number of rotatable bonds is 2. The molecule has 2 aromatic heterocycles. The Morgan fingerprint density at radius 3 is 2.52 bits per heavy atom. The molecule has 6 heteroatoms. The molecule has 0 amide bonds. The van der Waals surface area contributed by atoms with Gasteiger partial charge in [-0.3, -0.25) is 4.57 Å². The van der Waals surface area contributed by atoms with Crippen LogP contribution in [0.15, 0.2) is 42.9 Å². The first-order valence-corrected chi connectivity index (χ1v) is 7.63. The highest BCUT2D eigenvalue weighted by Gasteiger charge is 2.35. The lowest BCUT2D eigenvalue weighted by molar-refractivity contribution is -0.695. The zero-order valence-electron chi connectivity index (χ0n) is 13.2. The molecule has 0 aliphatic heterocycles. The zero-order valence-corrected chi connectivity index (χ0v) is 13.2. The molecule has 0 radical (unpaired) electrons. The highest BCUT2D eigenvalue weighted by atomic mass is 19.4. The lowest BCUT2D eigenvalue weighted by Gasteiger charge is -2.18. The van der Waals surface area contributed by atoms with Crippen LogP contribution in [0.1, 0.15) is 38.4 Å². The van der Waals surface area contributed by atoms with Gasteiger partial charge in [-0.25, -0.2) is 4.57 Å². The number of nitrogens with zero attached hydrogens (tertiary/aromatic N) is 3. The first kappa shape index (κ1) is 15.8. The molecule has 0 aromatic carbocycles. The van der Waals surface area contributed by atoms with Gasteiger partial charge in [-0.1, -0.05) is 25.2 Å². The summed E-state index contributed by atoms with van der Waals surface area (Å²) in [7, 11) is 0. The van der Waals surface area contributed by atoms with Gasteiger partial charge < -0.3 is 0 Å². The average molecular weight is 322 g/mol. The highest BCUT2D eigenvalue weighted by Crippen LogP contribution is 2.31. The van der Waals surface area contributed by atoms with Crippen LogP contribution in [0, 0.1) is 5.92 Å². The van der Waals surface area contributed by atoms with Crippen molar-refractivity contribution in [3.05, 3.63) is 48.5 Å². The molecule has 2 unspecified atom stereocenters. The Balaban J connectivity index is 2.21. The van der Waals surface area contributed by atoms with Gasteiger partial charge in [0.25, 0.3) is 0 Å². The normalized spacial score (nSPS) is 21.5. The van der Waals surface area contributed by atoms with Crippen LogP contribution in [0.5, 0.6) is 0 Å². The minimum atomic E-state index is -4.39. The number of allylic oxidation sites excluding steroid dienone is 4. The number of halogens is 3. The van der Waals surface area contributed by atoms with Crippen LogP contribution < -0.4 is 4.57 Å². The van der Waals surface area contributed by atoms with E-state index in [-0.39, 0.29) is 18.0 Å². The Bertz CT molecular complexity index is 784. The highest BCUT2D eigenvalue weighted by molar-refractivity contribution is 5.68. The number of hydrogen-bond acceptors (Lipinski definition) is 1. The number of aromatic nitrogens is 3. The lowest BCUT2D eigenvalue weighted by Crippen LogP contribution is -2.41. The summed E-state index contributed by atoms with van der Waals surface area (Å²) >= 11 is 0. The maximum Gasteiger partial charge on any atom is 0.419 e. The van der Waals surface area contributed by atoms with Crippen molar-refractivity contribution in [2.75, 3.05) is 0 Å². The predicted octanol–water partition coefficient (Wildman–Crippen LogP) is 4.23. The summed E-state index contributed by atoms with van der Waals surface area (Å²) in [5.74, 6) is 0.250. The monoisotopic (exact) mass is 322 g/mol. The number of imidazole rings is 1. The maximum absolute atomic E-state index is 13.0. The standard InChI is InChI=1S/C17H19F3N3/c1-11(2)22-10-23(14-7-5-4-6-12(14)3)16-15(22)8-13(9-21-16)17(18,19)20/h4-12,14H,1-3H3/q+1. The van der Waals surface area contributed by atoms with Gasteiger partial charge in [0.1, 0.15) is 12.2 Å². The molecule has 0 saturated carbocycles. The second-order valence-corrected chi connectivity index (χ2v) is 6.21. The molecular formula is C17H19F3N3+. The van der Waals surface area contributed by atoms with Gasteiger partial charge in [0.05, 0.1) is 11.6 Å². The third-order valence-corrected chi connectivity index (χ3v) is 4.20. The summed E-state index contributed by atoms with van der Waals surface area (Å²) in [6.07, 6.45) is 6.47. The van der Waals surface area contributed by atoms with Crippen LogP contribution in [0.4, 0.5) is 13.2 Å². The maximum atomic E-state index is 13.0. The molecule has 3 rings (SSSR count). The van der Waals surface area contributed by atoms with Crippen molar-refractivity contribution in [2.45, 2.75) is 39.0 Å². The van der Waals surface area contributed by atoms with E-state index < -0.39 is 11.7 Å². The summed E-state index contributed by atoms with van der Waals surface area (Å²) in [5, 5.41) is 0. The second-order valence-electron chi connectivity index (χ2n) is 6.21. The fraction of sp³-hybridized carbons (Fsp3) is 0.412. The number of hydrogen-bond donors (Lipinski definition) is 0. The van der Waals surface area contributed by atoms with Crippen LogP contribution in [0.25, 0.3) is 11.2 Å². The molecule has 23 heavy (non-hydrogen) atoms. The van der Waals surface area contributed by atoms with Crippen molar-refractivity contribution in [1.82, 2.24) is 9.55 Å². The number of alkyl halides is 3. The lowest BCUT2D eigenvalue weighted by atomic mass is 9.97. The molecular weight excluding hydrogens is 303 g/mol. The van der Waals surface area contributed by atoms with E-state index in [9.17, 15) is 13.2 Å². The van der Waals surface area contributed by atoms with E-state index in [1.165, 1.54) is 6.07 Å². The van der Waals surface area contributed by atoms with Crippen molar-refractivity contribution in [1.29, 1.82) is 0 Å². The molecule has 1 aliphatic rings. The van der Waals surface area contributed by atoms with Crippen LogP contribution in [0.3, 0.4) is 0 Å². The Hall–Kier alpha value is -2.11. The van der Waals surface area contributed by atoms with Gasteiger partial charge in [0, 0.05) is 5.92 Å². The molecule has 0 bridgehead atoms. The zero-order chi connectivity index (χ0) is 16.8. The third kappa shape index (κ3) is 2.78. The Kier molecular flexibility index (Phi) is 3.78. The molecule has 0 saturated heterocycles. The fourth-order valence-electron chi connectivity index (χ4n) is 2.92. The van der Waals surface area contributed by atoms with Gasteiger partial charge in [-0.2, -0.15) is 13.2 Å². The van der Waals surface area contributed by atoms with Crippen LogP contribution >= 0.6 is 0 Å². The summed E-state index contributed by atoms with van der Waals surface area (Å²) < 4.78 is 42.8. The van der Waals surface area contributed by atoms with Gasteiger partial charge in [-0.05, 0) is 26.0 Å². The van der Waals surface area contributed by atoms with Gasteiger partial charge in [-0.15, -0.1) is 4.98 Å². The molecule has 0 fully saturated rings. The minimum absolute atomic E-state index is 0.0439. The van der Waals surface area contributed by atoms with E-state index in [2.05, 4.69) is 18.0 Å². The van der Waals surface area contributed by atoms with Crippen LogP contribution in [-0.2, 0) is 6.18 Å². The minimum Gasteiger partial charge on any atom is -0.258 e. The van der Waals surface area contributed by atoms with Crippen molar-refractivity contribution in [3.63, 3.8) is 0 Å². The Labute approximate surface area is 132 Å². The Morgan fingerprint density at radius 1 is 1.22 bits per heavy atom. The average Bonchev–Trinajstić information content (AvgIpc) is 2.85. The van der Waals surface area contributed by atoms with Crippen molar-refractivity contribution in [3.8, 4) is 0 Å². The summed E-state index contributed by atoms with van der Waals surface area (Å²) in [5.41, 5.74) is 0.359. The SMILES string of the molecule is CC1C=CC=CC1[n+]1cn(C(C)C)c2cc(C(F)(F)F)cnc21. The number of fused-ring (bicyclic) bond motifs is 1. The molecule has 2 aromatic rings. The predicted molar refractivity (Wildman–Crippen MR) is 81.8 cm³/mol. The van der Waals surface area contributed by atoms with E-state index in [4.69, 9.17) is 0 Å². The molecule has 3 nitrogen and oxygen atoms in total. The van der Waals surface area contributed by atoms with Gasteiger partial charge in [0.2, 0.25) is 0 Å². The van der Waals surface area contributed by atoms with Crippen LogP contribution in [-0.4, -0.2) is 9.55 Å². The number of pyridine rings is 1. The van der Waals surface area contributed by atoms with E-state index in [1.807, 2.05) is 47.5 Å². The fourth-order valence-corrected chi connectivity index (χ4v) is 2.92. The van der Waals surface area contributed by atoms with E-state index in [0.29, 0.717) is 11.2 Å². The van der Waals surface area contributed by atoms with Gasteiger partial charge >= 0.3 is 11.8 Å². The molecule has 0 N–H and O–H groups in total. The van der Waals surface area contributed by atoms with Gasteiger partial charge in [0.15, 0.2) is 11.8 Å². The third-order valence-electron chi connectivity index (χ3n) is 4.20. The summed E-state index contributed by atoms with van der Waals surface area (Å²) in [4.78, 5) is 4.12. The topological polar surface area (TPSA) is 21.7 Å². The van der Waals surface area contributed by atoms with Crippen molar-refractivity contribution < 1.29 is 17.7 Å². The molecule has 1 aliphatic carbocycles. The summed E-state index contributed by atoms with van der Waals surface area (Å²) in [6, 6.07) is 1.28. The van der Waals surface area contributed by atoms with E-state index in [1.54, 1.807) is 0 Å². The largest absolute Gasteiger partial charge is 0.419 e. The van der Waals surface area contributed by atoms with Crippen molar-refractivity contribution >= 4 is 11.2 Å². The first-order valence-electron chi connectivity index (χ1n) is 7.63. The molecule has 122 valence electrons. The Morgan fingerprint density at radius 2 is 1.91 bits per heavy atom. The van der Waals surface area contributed by atoms with E-state index >= 15 is 0 Å². The van der Waals surface area contributed by atoms with E-state index in [0.717, 1.165) is 6.20 Å². The second kappa shape index (κ2) is 5.51. The quantitative estimate of drug-likeness (QED) is 0.759. The summed E-state index contributed by atoms with van der Waals surface area (Å²) in [6.45, 7) is 5.98. The molecule has 2 heterocycles. The molecule has 0 spiro atoms. The smallest absolute Gasteiger partial charge is 0.258 e. The van der Waals surface area contributed by atoms with Crippen LogP contribution in [0.2, 0.25) is 0 Å².